The first-order valence-electron chi connectivity index (χ1n) is 6.65. The van der Waals surface area contributed by atoms with E-state index in [1.807, 2.05) is 6.92 Å². The Morgan fingerprint density at radius 2 is 1.85 bits per heavy atom. The fraction of sp³-hybridized carbons (Fsp3) is 1.00. The van der Waals surface area contributed by atoms with Gasteiger partial charge in [0.15, 0.2) is 0 Å². The largest absolute Gasteiger partial charge is 0.394 e. The number of halogens is 2. The van der Waals surface area contributed by atoms with Gasteiger partial charge in [-0.15, -0.1) is 0 Å². The van der Waals surface area contributed by atoms with Gasteiger partial charge in [-0.2, -0.15) is 0 Å². The summed E-state index contributed by atoms with van der Waals surface area (Å²) in [6.07, 6.45) is -8.25. The van der Waals surface area contributed by atoms with Crippen molar-refractivity contribution < 1.29 is 38.7 Å². The summed E-state index contributed by atoms with van der Waals surface area (Å²) >= 11 is 0. The molecule has 1 aliphatic heterocycles. The van der Waals surface area contributed by atoms with Gasteiger partial charge in [-0.25, -0.2) is 8.78 Å². The van der Waals surface area contributed by atoms with Gasteiger partial charge >= 0.3 is 0 Å². The molecule has 1 aliphatic rings. The van der Waals surface area contributed by atoms with Crippen molar-refractivity contribution >= 4 is 0 Å². The third kappa shape index (κ3) is 3.44. The zero-order chi connectivity index (χ0) is 15.3. The Hall–Kier alpha value is -0.380. The van der Waals surface area contributed by atoms with Gasteiger partial charge in [-0.1, -0.05) is 19.8 Å². The lowest BCUT2D eigenvalue weighted by Gasteiger charge is -2.47. The van der Waals surface area contributed by atoms with Gasteiger partial charge < -0.3 is 29.9 Å². The van der Waals surface area contributed by atoms with Gasteiger partial charge in [0, 0.05) is 0 Å². The molecule has 0 aromatic carbocycles. The highest BCUT2D eigenvalue weighted by Gasteiger charge is 2.59. The molecule has 5 atom stereocenters. The summed E-state index contributed by atoms with van der Waals surface area (Å²) in [7, 11) is 0. The van der Waals surface area contributed by atoms with Crippen LogP contribution < -0.4 is 0 Å². The van der Waals surface area contributed by atoms with Crippen LogP contribution in [-0.2, 0) is 9.47 Å². The molecule has 1 rings (SSSR count). The third-order valence-corrected chi connectivity index (χ3v) is 3.36. The van der Waals surface area contributed by atoms with Gasteiger partial charge in [0.05, 0.1) is 13.2 Å². The number of ether oxygens (including phenoxy) is 2. The maximum atomic E-state index is 13.3. The number of aliphatic hydroxyl groups excluding tert-OH is 4. The van der Waals surface area contributed by atoms with Crippen LogP contribution in [0, 0.1) is 0 Å². The molecule has 0 amide bonds. The van der Waals surface area contributed by atoms with Crippen LogP contribution in [0.25, 0.3) is 0 Å². The molecule has 0 radical (unpaired) electrons. The fourth-order valence-electron chi connectivity index (χ4n) is 2.11. The van der Waals surface area contributed by atoms with Crippen molar-refractivity contribution in [2.24, 2.45) is 0 Å². The van der Waals surface area contributed by atoms with Crippen molar-refractivity contribution in [1.82, 2.24) is 0 Å². The highest BCUT2D eigenvalue weighted by molar-refractivity contribution is 4.98. The zero-order valence-electron chi connectivity index (χ0n) is 11.3. The van der Waals surface area contributed by atoms with Crippen LogP contribution in [0.1, 0.15) is 26.2 Å². The predicted octanol–water partition coefficient (Wildman–Crippen LogP) is -0.372. The second-order valence-corrected chi connectivity index (χ2v) is 4.84. The minimum Gasteiger partial charge on any atom is -0.394 e. The van der Waals surface area contributed by atoms with Gasteiger partial charge in [-0.05, 0) is 6.42 Å². The van der Waals surface area contributed by atoms with Gasteiger partial charge in [0.2, 0.25) is 0 Å². The van der Waals surface area contributed by atoms with E-state index in [-0.39, 0.29) is 6.61 Å². The minimum atomic E-state index is -3.24. The lowest BCUT2D eigenvalue weighted by Crippen LogP contribution is -2.68. The monoisotopic (exact) mass is 300 g/mol. The molecule has 0 aliphatic carbocycles. The first-order valence-corrected chi connectivity index (χ1v) is 6.65. The zero-order valence-corrected chi connectivity index (χ0v) is 11.3. The molecule has 8 heteroatoms. The van der Waals surface area contributed by atoms with Crippen LogP contribution in [0.3, 0.4) is 0 Å². The standard InChI is InChI=1S/C12H22F2O6/c1-2-3-4-5-19-12(11(13)14)10(18)9(17)8(16)7(6-15)20-12/h7-11,15-18H,2-6H2,1H3/t7-,8-,9+,10-,12+/m1/s1. The van der Waals surface area contributed by atoms with Crippen LogP contribution in [0.15, 0.2) is 0 Å². The second-order valence-electron chi connectivity index (χ2n) is 4.84. The summed E-state index contributed by atoms with van der Waals surface area (Å²) in [5, 5.41) is 38.0. The van der Waals surface area contributed by atoms with Crippen LogP contribution in [0.5, 0.6) is 0 Å². The normalized spacial score (nSPS) is 38.4. The predicted molar refractivity (Wildman–Crippen MR) is 64.2 cm³/mol. The Bertz CT molecular complexity index is 291. The molecule has 1 heterocycles. The molecule has 6 nitrogen and oxygen atoms in total. The topological polar surface area (TPSA) is 99.4 Å². The third-order valence-electron chi connectivity index (χ3n) is 3.36. The quantitative estimate of drug-likeness (QED) is 0.479. The number of unbranched alkanes of at least 4 members (excludes halogenated alkanes) is 2. The summed E-state index contributed by atoms with van der Waals surface area (Å²) in [5.41, 5.74) is 0. The molecule has 1 fully saturated rings. The Morgan fingerprint density at radius 1 is 1.20 bits per heavy atom. The Morgan fingerprint density at radius 3 is 2.35 bits per heavy atom. The number of rotatable bonds is 7. The lowest BCUT2D eigenvalue weighted by molar-refractivity contribution is -0.396. The summed E-state index contributed by atoms with van der Waals surface area (Å²) in [6, 6.07) is 0. The van der Waals surface area contributed by atoms with Crippen molar-refractivity contribution in [2.45, 2.75) is 62.8 Å². The smallest absolute Gasteiger partial charge is 0.294 e. The second kappa shape index (κ2) is 7.58. The number of alkyl halides is 2. The highest BCUT2D eigenvalue weighted by Crippen LogP contribution is 2.36. The molecule has 120 valence electrons. The van der Waals surface area contributed by atoms with Crippen LogP contribution in [-0.4, -0.2) is 70.3 Å². The Labute approximate surface area is 115 Å². The van der Waals surface area contributed by atoms with E-state index in [1.165, 1.54) is 0 Å². The molecule has 4 N–H and O–H groups in total. The summed E-state index contributed by atoms with van der Waals surface area (Å²) in [6.45, 7) is 1.06. The van der Waals surface area contributed by atoms with E-state index in [2.05, 4.69) is 0 Å². The van der Waals surface area contributed by atoms with E-state index in [4.69, 9.17) is 14.6 Å². The van der Waals surface area contributed by atoms with Crippen molar-refractivity contribution in [1.29, 1.82) is 0 Å². The molecule has 0 bridgehead atoms. The van der Waals surface area contributed by atoms with Crippen molar-refractivity contribution in [3.05, 3.63) is 0 Å². The molecule has 1 saturated heterocycles. The van der Waals surface area contributed by atoms with Crippen LogP contribution in [0.2, 0.25) is 0 Å². The van der Waals surface area contributed by atoms with E-state index in [1.54, 1.807) is 0 Å². The average Bonchev–Trinajstić information content (AvgIpc) is 2.43. The molecular weight excluding hydrogens is 278 g/mol. The maximum absolute atomic E-state index is 13.3. The Balaban J connectivity index is 2.85. The van der Waals surface area contributed by atoms with E-state index in [0.29, 0.717) is 6.42 Å². The molecule has 0 spiro atoms. The van der Waals surface area contributed by atoms with Crippen molar-refractivity contribution in [2.75, 3.05) is 13.2 Å². The summed E-state index contributed by atoms with van der Waals surface area (Å²) in [4.78, 5) is 0. The average molecular weight is 300 g/mol. The molecule has 0 aromatic rings. The van der Waals surface area contributed by atoms with E-state index in [9.17, 15) is 24.1 Å². The van der Waals surface area contributed by atoms with Crippen molar-refractivity contribution in [3.63, 3.8) is 0 Å². The van der Waals surface area contributed by atoms with E-state index < -0.39 is 43.2 Å². The molecule has 0 saturated carbocycles. The van der Waals surface area contributed by atoms with Gasteiger partial charge in [0.1, 0.15) is 24.4 Å². The fourth-order valence-corrected chi connectivity index (χ4v) is 2.11. The number of aliphatic hydroxyl groups is 4. The summed E-state index contributed by atoms with van der Waals surface area (Å²) in [5.74, 6) is -2.74. The minimum absolute atomic E-state index is 0.0871. The van der Waals surface area contributed by atoms with E-state index in [0.717, 1.165) is 12.8 Å². The van der Waals surface area contributed by atoms with Crippen LogP contribution in [0.4, 0.5) is 8.78 Å². The Kier molecular flexibility index (Phi) is 6.70. The molecule has 0 unspecified atom stereocenters. The lowest BCUT2D eigenvalue weighted by atomic mass is 9.92. The number of hydrogen-bond donors (Lipinski definition) is 4. The number of hydrogen-bond acceptors (Lipinski definition) is 6. The van der Waals surface area contributed by atoms with Gasteiger partial charge in [-0.3, -0.25) is 0 Å². The van der Waals surface area contributed by atoms with Crippen LogP contribution >= 0.6 is 0 Å². The molecule has 0 aromatic heterocycles. The van der Waals surface area contributed by atoms with Gasteiger partial charge in [0.25, 0.3) is 12.2 Å². The van der Waals surface area contributed by atoms with Crippen molar-refractivity contribution in [3.8, 4) is 0 Å². The highest BCUT2D eigenvalue weighted by atomic mass is 19.3. The SMILES string of the molecule is CCCCCO[C@]1(C(F)F)O[C@H](CO)[C@@H](O)[C@H](O)[C@H]1O. The first kappa shape index (κ1) is 17.7. The van der Waals surface area contributed by atoms with E-state index >= 15 is 0 Å². The molecule has 20 heavy (non-hydrogen) atoms. The summed E-state index contributed by atoms with van der Waals surface area (Å²) < 4.78 is 36.4. The molecular formula is C12H22F2O6. The first-order chi connectivity index (χ1) is 9.40. The maximum Gasteiger partial charge on any atom is 0.294 e.